The summed E-state index contributed by atoms with van der Waals surface area (Å²) in [5.41, 5.74) is 1.04. The molecule has 1 unspecified atom stereocenters. The first-order chi connectivity index (χ1) is 15.4. The van der Waals surface area contributed by atoms with E-state index in [1.54, 1.807) is 61.7 Å². The van der Waals surface area contributed by atoms with Gasteiger partial charge >= 0.3 is 0 Å². The van der Waals surface area contributed by atoms with Gasteiger partial charge in [0.15, 0.2) is 0 Å². The van der Waals surface area contributed by atoms with Crippen LogP contribution in [0, 0.1) is 0 Å². The minimum Gasteiger partial charge on any atom is -0.507 e. The van der Waals surface area contributed by atoms with E-state index in [4.69, 9.17) is 13.9 Å². The fourth-order valence-corrected chi connectivity index (χ4v) is 4.26. The maximum Gasteiger partial charge on any atom is 0.296 e. The number of carbonyl (C=O) groups excluding carboxylic acids is 2. The highest BCUT2D eigenvalue weighted by molar-refractivity contribution is 9.10. The summed E-state index contributed by atoms with van der Waals surface area (Å²) in [6, 6.07) is 14.6. The number of amides is 1. The SMILES string of the molecule is COc1ccc(C2/C(=C(/O)c3ccc(OC)c(Br)c3)C(=O)C(=O)N2Cc2ccco2)cc1. The molecule has 2 aromatic carbocycles. The molecule has 8 heteroatoms. The van der Waals surface area contributed by atoms with Crippen LogP contribution in [0.25, 0.3) is 5.76 Å². The highest BCUT2D eigenvalue weighted by atomic mass is 79.9. The van der Waals surface area contributed by atoms with Crippen LogP contribution in [-0.4, -0.2) is 35.9 Å². The predicted octanol–water partition coefficient (Wildman–Crippen LogP) is 4.68. The van der Waals surface area contributed by atoms with E-state index in [1.165, 1.54) is 18.3 Å². The number of ether oxygens (including phenoxy) is 2. The van der Waals surface area contributed by atoms with Crippen molar-refractivity contribution in [3.05, 3.63) is 87.8 Å². The summed E-state index contributed by atoms with van der Waals surface area (Å²) in [5, 5.41) is 11.1. The monoisotopic (exact) mass is 497 g/mol. The molecule has 1 N–H and O–H groups in total. The van der Waals surface area contributed by atoms with Crippen LogP contribution in [0.1, 0.15) is 22.9 Å². The van der Waals surface area contributed by atoms with Gasteiger partial charge in [-0.05, 0) is 64.0 Å². The number of nitrogens with zero attached hydrogens (tertiary/aromatic N) is 1. The number of ketones is 1. The molecule has 164 valence electrons. The first kappa shape index (κ1) is 21.7. The molecule has 7 nitrogen and oxygen atoms in total. The fourth-order valence-electron chi connectivity index (χ4n) is 3.72. The molecule has 1 aromatic heterocycles. The number of rotatable bonds is 6. The van der Waals surface area contributed by atoms with Crippen LogP contribution in [0.3, 0.4) is 0 Å². The number of furan rings is 1. The van der Waals surface area contributed by atoms with Crippen LogP contribution < -0.4 is 9.47 Å². The average Bonchev–Trinajstić information content (AvgIpc) is 3.41. The molecule has 0 bridgehead atoms. The Bertz CT molecular complexity index is 1180. The zero-order chi connectivity index (χ0) is 22.8. The van der Waals surface area contributed by atoms with E-state index >= 15 is 0 Å². The van der Waals surface area contributed by atoms with Gasteiger partial charge in [-0.1, -0.05) is 12.1 Å². The molecule has 1 saturated heterocycles. The van der Waals surface area contributed by atoms with Gasteiger partial charge in [0.25, 0.3) is 11.7 Å². The molecule has 0 radical (unpaired) electrons. The summed E-state index contributed by atoms with van der Waals surface area (Å²) in [4.78, 5) is 27.5. The van der Waals surface area contributed by atoms with Crippen LogP contribution in [0.4, 0.5) is 0 Å². The quantitative estimate of drug-likeness (QED) is 0.302. The van der Waals surface area contributed by atoms with E-state index < -0.39 is 17.7 Å². The molecule has 0 spiro atoms. The average molecular weight is 498 g/mol. The Morgan fingerprint density at radius 2 is 1.84 bits per heavy atom. The lowest BCUT2D eigenvalue weighted by Crippen LogP contribution is -2.29. The lowest BCUT2D eigenvalue weighted by molar-refractivity contribution is -0.140. The number of hydrogen-bond donors (Lipinski definition) is 1. The molecular formula is C24H20BrNO6. The molecule has 0 saturated carbocycles. The summed E-state index contributed by atoms with van der Waals surface area (Å²) in [6.45, 7) is 0.0807. The van der Waals surface area contributed by atoms with E-state index in [0.29, 0.717) is 32.9 Å². The molecule has 1 fully saturated rings. The van der Waals surface area contributed by atoms with Crippen molar-refractivity contribution in [1.29, 1.82) is 0 Å². The number of methoxy groups -OCH3 is 2. The summed E-state index contributed by atoms with van der Waals surface area (Å²) < 4.78 is 16.5. The summed E-state index contributed by atoms with van der Waals surface area (Å²) in [7, 11) is 3.09. The van der Waals surface area contributed by atoms with Crippen molar-refractivity contribution in [2.24, 2.45) is 0 Å². The fraction of sp³-hybridized carbons (Fsp3) is 0.167. The van der Waals surface area contributed by atoms with Gasteiger partial charge in [0.2, 0.25) is 0 Å². The van der Waals surface area contributed by atoms with Crippen molar-refractivity contribution in [2.45, 2.75) is 12.6 Å². The molecule has 32 heavy (non-hydrogen) atoms. The number of halogens is 1. The first-order valence-electron chi connectivity index (χ1n) is 9.73. The summed E-state index contributed by atoms with van der Waals surface area (Å²) in [6.07, 6.45) is 1.50. The first-order valence-corrected chi connectivity index (χ1v) is 10.5. The van der Waals surface area contributed by atoms with Gasteiger partial charge in [-0.3, -0.25) is 9.59 Å². The zero-order valence-corrected chi connectivity index (χ0v) is 19.0. The van der Waals surface area contributed by atoms with Gasteiger partial charge in [-0.25, -0.2) is 0 Å². The van der Waals surface area contributed by atoms with Crippen molar-refractivity contribution in [2.75, 3.05) is 14.2 Å². The van der Waals surface area contributed by atoms with Crippen LogP contribution >= 0.6 is 15.9 Å². The van der Waals surface area contributed by atoms with Gasteiger partial charge < -0.3 is 23.9 Å². The lowest BCUT2D eigenvalue weighted by Gasteiger charge is -2.24. The highest BCUT2D eigenvalue weighted by Crippen LogP contribution is 2.41. The number of aliphatic hydroxyl groups excluding tert-OH is 1. The third-order valence-electron chi connectivity index (χ3n) is 5.30. The minimum absolute atomic E-state index is 0.00351. The van der Waals surface area contributed by atoms with Gasteiger partial charge in [-0.2, -0.15) is 0 Å². The Morgan fingerprint density at radius 3 is 2.44 bits per heavy atom. The largest absolute Gasteiger partial charge is 0.507 e. The van der Waals surface area contributed by atoms with Crippen LogP contribution in [-0.2, 0) is 16.1 Å². The standard InChI is InChI=1S/C24H20BrNO6/c1-30-16-8-5-14(6-9-16)21-20(22(27)15-7-10-19(31-2)18(25)12-15)23(28)24(29)26(21)13-17-4-3-11-32-17/h3-12,21,27H,13H2,1-2H3/b22-20-. The Hall–Kier alpha value is -3.52. The molecule has 1 aliphatic heterocycles. The third kappa shape index (κ3) is 3.89. The van der Waals surface area contributed by atoms with E-state index in [1.807, 2.05) is 0 Å². The molecule has 4 rings (SSSR count). The molecule has 1 aliphatic rings. The Kier molecular flexibility index (Phi) is 6.05. The molecule has 3 aromatic rings. The second kappa shape index (κ2) is 8.92. The molecule has 1 amide bonds. The lowest BCUT2D eigenvalue weighted by atomic mass is 9.95. The van der Waals surface area contributed by atoms with Crippen molar-refractivity contribution in [3.8, 4) is 11.5 Å². The van der Waals surface area contributed by atoms with E-state index in [0.717, 1.165) is 0 Å². The summed E-state index contributed by atoms with van der Waals surface area (Å²) in [5.74, 6) is -0.00688. The van der Waals surface area contributed by atoms with Gasteiger partial charge in [-0.15, -0.1) is 0 Å². The maximum atomic E-state index is 13.1. The second-order valence-electron chi connectivity index (χ2n) is 7.13. The number of carbonyl (C=O) groups is 2. The molecule has 1 atom stereocenters. The zero-order valence-electron chi connectivity index (χ0n) is 17.4. The summed E-state index contributed by atoms with van der Waals surface area (Å²) >= 11 is 3.39. The smallest absolute Gasteiger partial charge is 0.296 e. The van der Waals surface area contributed by atoms with E-state index in [-0.39, 0.29) is 17.9 Å². The molecular weight excluding hydrogens is 478 g/mol. The number of Topliss-reactive ketones (excluding diaryl/α,β-unsaturated/α-hetero) is 1. The second-order valence-corrected chi connectivity index (χ2v) is 7.98. The topological polar surface area (TPSA) is 89.2 Å². The van der Waals surface area contributed by atoms with Crippen molar-refractivity contribution < 1.29 is 28.6 Å². The van der Waals surface area contributed by atoms with Crippen LogP contribution in [0.2, 0.25) is 0 Å². The van der Waals surface area contributed by atoms with E-state index in [2.05, 4.69) is 15.9 Å². The number of hydrogen-bond acceptors (Lipinski definition) is 6. The van der Waals surface area contributed by atoms with Crippen molar-refractivity contribution in [3.63, 3.8) is 0 Å². The van der Waals surface area contributed by atoms with Crippen molar-refractivity contribution in [1.82, 2.24) is 4.90 Å². The minimum atomic E-state index is -0.799. The van der Waals surface area contributed by atoms with Gasteiger partial charge in [0, 0.05) is 5.56 Å². The Balaban J connectivity index is 1.85. The number of aliphatic hydroxyl groups is 1. The number of benzene rings is 2. The Morgan fingerprint density at radius 1 is 1.09 bits per heavy atom. The van der Waals surface area contributed by atoms with Crippen molar-refractivity contribution >= 4 is 33.4 Å². The normalized spacial score (nSPS) is 17.6. The van der Waals surface area contributed by atoms with Gasteiger partial charge in [0.1, 0.15) is 23.0 Å². The Labute approximate surface area is 193 Å². The molecule has 2 heterocycles. The van der Waals surface area contributed by atoms with Crippen LogP contribution in [0.15, 0.2) is 75.3 Å². The number of likely N-dealkylation sites (tertiary alicyclic amines) is 1. The van der Waals surface area contributed by atoms with Crippen LogP contribution in [0.5, 0.6) is 11.5 Å². The molecule has 0 aliphatic carbocycles. The highest BCUT2D eigenvalue weighted by Gasteiger charge is 2.46. The predicted molar refractivity (Wildman–Crippen MR) is 120 cm³/mol. The third-order valence-corrected chi connectivity index (χ3v) is 5.92. The maximum absolute atomic E-state index is 13.1. The van der Waals surface area contributed by atoms with E-state index in [9.17, 15) is 14.7 Å². The van der Waals surface area contributed by atoms with Gasteiger partial charge in [0.05, 0.1) is 43.1 Å².